The van der Waals surface area contributed by atoms with E-state index in [0.717, 1.165) is 5.92 Å². The summed E-state index contributed by atoms with van der Waals surface area (Å²) in [4.78, 5) is 0. The first-order valence-electron chi connectivity index (χ1n) is 6.24. The number of hydrogen-bond donors (Lipinski definition) is 1. The zero-order chi connectivity index (χ0) is 10.1. The lowest BCUT2D eigenvalue weighted by atomic mass is 9.84. The van der Waals surface area contributed by atoms with Crippen LogP contribution in [0.15, 0.2) is 18.2 Å². The highest BCUT2D eigenvalue weighted by Crippen LogP contribution is 2.26. The average molecular weight is 201 g/mol. The number of benzene rings is 1. The lowest BCUT2D eigenvalue weighted by Crippen LogP contribution is -2.43. The Morgan fingerprint density at radius 1 is 1.13 bits per heavy atom. The fourth-order valence-corrected chi connectivity index (χ4v) is 2.86. The van der Waals surface area contributed by atoms with E-state index in [9.17, 15) is 0 Å². The van der Waals surface area contributed by atoms with E-state index in [2.05, 4.69) is 23.5 Å². The molecule has 0 saturated carbocycles. The molecule has 1 aromatic carbocycles. The third-order valence-corrected chi connectivity index (χ3v) is 3.87. The molecule has 1 aliphatic carbocycles. The van der Waals surface area contributed by atoms with Gasteiger partial charge < -0.3 is 5.32 Å². The van der Waals surface area contributed by atoms with Gasteiger partial charge in [0.1, 0.15) is 0 Å². The molecule has 0 radical (unpaired) electrons. The van der Waals surface area contributed by atoms with Crippen LogP contribution in [0.2, 0.25) is 0 Å². The van der Waals surface area contributed by atoms with Crippen molar-refractivity contribution in [2.75, 3.05) is 13.1 Å². The van der Waals surface area contributed by atoms with Crippen molar-refractivity contribution in [3.63, 3.8) is 0 Å². The first-order chi connectivity index (χ1) is 7.43. The summed E-state index contributed by atoms with van der Waals surface area (Å²) in [6.45, 7) is 2.45. The lowest BCUT2D eigenvalue weighted by molar-refractivity contribution is 0.345. The Morgan fingerprint density at radius 2 is 2.00 bits per heavy atom. The molecule has 1 N–H and O–H groups in total. The van der Waals surface area contributed by atoms with Crippen molar-refractivity contribution < 1.29 is 0 Å². The molecule has 1 aromatic rings. The molecule has 1 nitrogen and oxygen atoms in total. The van der Waals surface area contributed by atoms with Crippen LogP contribution in [0.5, 0.6) is 0 Å². The van der Waals surface area contributed by atoms with E-state index in [-0.39, 0.29) is 0 Å². The average Bonchev–Trinajstić information content (AvgIpc) is 2.23. The van der Waals surface area contributed by atoms with Crippen LogP contribution in [0, 0.1) is 5.92 Å². The molecule has 1 saturated heterocycles. The molecule has 1 heterocycles. The van der Waals surface area contributed by atoms with Gasteiger partial charge in [-0.2, -0.15) is 0 Å². The summed E-state index contributed by atoms with van der Waals surface area (Å²) in [7, 11) is 0. The molecule has 3 rings (SSSR count). The zero-order valence-corrected chi connectivity index (χ0v) is 9.26. The summed E-state index contributed by atoms with van der Waals surface area (Å²) in [6.07, 6.45) is 6.72. The van der Waals surface area contributed by atoms with Gasteiger partial charge in [-0.25, -0.2) is 0 Å². The number of rotatable bonds is 2. The highest BCUT2D eigenvalue weighted by Gasteiger charge is 2.20. The summed E-state index contributed by atoms with van der Waals surface area (Å²) < 4.78 is 0. The standard InChI is InChI=1S/C14H19N/c1-2-7-14-12(4-1)5-3-6-13(14)8-11-9-15-10-11/h3,5-6,11,15H,1-2,4,7-10H2. The fourth-order valence-electron chi connectivity index (χ4n) is 2.86. The molecule has 0 spiro atoms. The minimum absolute atomic E-state index is 0.901. The minimum Gasteiger partial charge on any atom is -0.316 e. The largest absolute Gasteiger partial charge is 0.316 e. The summed E-state index contributed by atoms with van der Waals surface area (Å²) in [5.74, 6) is 0.901. The quantitative estimate of drug-likeness (QED) is 0.774. The van der Waals surface area contributed by atoms with Crippen LogP contribution in [0.4, 0.5) is 0 Å². The number of fused-ring (bicyclic) bond motifs is 1. The molecule has 2 aliphatic rings. The Morgan fingerprint density at radius 3 is 2.80 bits per heavy atom. The van der Waals surface area contributed by atoms with Gasteiger partial charge in [0, 0.05) is 0 Å². The van der Waals surface area contributed by atoms with Crippen molar-refractivity contribution in [3.05, 3.63) is 34.9 Å². The van der Waals surface area contributed by atoms with Crippen LogP contribution >= 0.6 is 0 Å². The molecule has 0 atom stereocenters. The third-order valence-electron chi connectivity index (χ3n) is 3.87. The highest BCUT2D eigenvalue weighted by atomic mass is 14.9. The van der Waals surface area contributed by atoms with E-state index in [1.54, 1.807) is 16.7 Å². The van der Waals surface area contributed by atoms with Gasteiger partial charge in [0.2, 0.25) is 0 Å². The van der Waals surface area contributed by atoms with Gasteiger partial charge in [-0.3, -0.25) is 0 Å². The summed E-state index contributed by atoms with van der Waals surface area (Å²) in [6, 6.07) is 6.94. The monoisotopic (exact) mass is 201 g/mol. The first-order valence-corrected chi connectivity index (χ1v) is 6.24. The van der Waals surface area contributed by atoms with Gasteiger partial charge in [0.25, 0.3) is 0 Å². The van der Waals surface area contributed by atoms with Crippen molar-refractivity contribution in [3.8, 4) is 0 Å². The second-order valence-electron chi connectivity index (χ2n) is 4.99. The van der Waals surface area contributed by atoms with Gasteiger partial charge in [0.15, 0.2) is 0 Å². The molecule has 15 heavy (non-hydrogen) atoms. The SMILES string of the molecule is c1cc2c(c(CC3CNC3)c1)CCCC2. The van der Waals surface area contributed by atoms with Crippen molar-refractivity contribution in [2.24, 2.45) is 5.92 Å². The van der Waals surface area contributed by atoms with Crippen LogP contribution < -0.4 is 5.32 Å². The molecule has 0 unspecified atom stereocenters. The molecule has 1 aliphatic heterocycles. The molecule has 0 bridgehead atoms. The first kappa shape index (κ1) is 9.41. The summed E-state index contributed by atoms with van der Waals surface area (Å²) in [5, 5.41) is 3.36. The molecular formula is C14H19N. The van der Waals surface area contributed by atoms with Crippen molar-refractivity contribution in [1.29, 1.82) is 0 Å². The Balaban J connectivity index is 1.85. The predicted molar refractivity (Wildman–Crippen MR) is 63.1 cm³/mol. The third kappa shape index (κ3) is 1.81. The number of nitrogens with one attached hydrogen (secondary N) is 1. The predicted octanol–water partition coefficient (Wildman–Crippen LogP) is 2.33. The van der Waals surface area contributed by atoms with Gasteiger partial charge in [-0.1, -0.05) is 18.2 Å². The second kappa shape index (κ2) is 3.97. The van der Waals surface area contributed by atoms with E-state index in [0.29, 0.717) is 0 Å². The lowest BCUT2D eigenvalue weighted by Gasteiger charge is -2.29. The van der Waals surface area contributed by atoms with Gasteiger partial charge in [-0.05, 0) is 67.8 Å². The molecule has 0 aromatic heterocycles. The Bertz CT molecular complexity index is 352. The van der Waals surface area contributed by atoms with Gasteiger partial charge in [0.05, 0.1) is 0 Å². The van der Waals surface area contributed by atoms with E-state index in [1.165, 1.54) is 45.2 Å². The van der Waals surface area contributed by atoms with E-state index < -0.39 is 0 Å². The van der Waals surface area contributed by atoms with E-state index >= 15 is 0 Å². The molecule has 0 amide bonds. The molecular weight excluding hydrogens is 182 g/mol. The second-order valence-corrected chi connectivity index (χ2v) is 4.99. The van der Waals surface area contributed by atoms with Gasteiger partial charge in [-0.15, -0.1) is 0 Å². The highest BCUT2D eigenvalue weighted by molar-refractivity contribution is 5.37. The number of aryl methyl sites for hydroxylation is 1. The van der Waals surface area contributed by atoms with E-state index in [4.69, 9.17) is 0 Å². The Hall–Kier alpha value is -0.820. The van der Waals surface area contributed by atoms with Crippen LogP contribution in [-0.2, 0) is 19.3 Å². The fraction of sp³-hybridized carbons (Fsp3) is 0.571. The van der Waals surface area contributed by atoms with Crippen molar-refractivity contribution in [1.82, 2.24) is 5.32 Å². The maximum Gasteiger partial charge on any atom is -0.000506 e. The smallest absolute Gasteiger partial charge is 0.000506 e. The van der Waals surface area contributed by atoms with Crippen molar-refractivity contribution in [2.45, 2.75) is 32.1 Å². The topological polar surface area (TPSA) is 12.0 Å². The van der Waals surface area contributed by atoms with Gasteiger partial charge >= 0.3 is 0 Å². The molecule has 80 valence electrons. The van der Waals surface area contributed by atoms with Crippen LogP contribution in [0.25, 0.3) is 0 Å². The Kier molecular flexibility index (Phi) is 2.49. The molecule has 1 fully saturated rings. The van der Waals surface area contributed by atoms with Crippen LogP contribution in [0.1, 0.15) is 29.5 Å². The van der Waals surface area contributed by atoms with Crippen LogP contribution in [0.3, 0.4) is 0 Å². The van der Waals surface area contributed by atoms with Crippen LogP contribution in [-0.4, -0.2) is 13.1 Å². The van der Waals surface area contributed by atoms with Crippen molar-refractivity contribution >= 4 is 0 Å². The minimum atomic E-state index is 0.901. The zero-order valence-electron chi connectivity index (χ0n) is 9.26. The Labute approximate surface area is 91.9 Å². The maximum atomic E-state index is 3.36. The van der Waals surface area contributed by atoms with E-state index in [1.807, 2.05) is 0 Å². The maximum absolute atomic E-state index is 3.36. The number of hydrogen-bond acceptors (Lipinski definition) is 1. The summed E-state index contributed by atoms with van der Waals surface area (Å²) >= 11 is 0. The summed E-state index contributed by atoms with van der Waals surface area (Å²) in [5.41, 5.74) is 4.96. The normalized spacial score (nSPS) is 20.8. The molecule has 1 heteroatoms.